The number of morpholine rings is 1. The minimum Gasteiger partial charge on any atom is -0.507 e. The fourth-order valence-electron chi connectivity index (χ4n) is 5.77. The molecule has 2 fully saturated rings. The van der Waals surface area contributed by atoms with Gasteiger partial charge in [0.25, 0.3) is 11.7 Å². The average molecular weight is 565 g/mol. The van der Waals surface area contributed by atoms with E-state index in [4.69, 9.17) is 18.9 Å². The Morgan fingerprint density at radius 1 is 1.02 bits per heavy atom. The maximum Gasteiger partial charge on any atom is 0.295 e. The lowest BCUT2D eigenvalue weighted by Crippen LogP contribution is -2.39. The second-order valence-corrected chi connectivity index (χ2v) is 10.7. The summed E-state index contributed by atoms with van der Waals surface area (Å²) < 4.78 is 23.1. The van der Waals surface area contributed by atoms with Crippen LogP contribution in [0, 0.1) is 0 Å². The Morgan fingerprint density at radius 2 is 1.83 bits per heavy atom. The van der Waals surface area contributed by atoms with Crippen molar-refractivity contribution in [2.45, 2.75) is 52.2 Å². The van der Waals surface area contributed by atoms with Crippen molar-refractivity contribution in [1.29, 1.82) is 0 Å². The number of carbonyl (C=O) groups excluding carboxylic acids is 2. The van der Waals surface area contributed by atoms with Crippen LogP contribution in [-0.4, -0.2) is 85.3 Å². The zero-order chi connectivity index (χ0) is 28.9. The van der Waals surface area contributed by atoms with E-state index in [9.17, 15) is 14.7 Å². The molecule has 2 saturated heterocycles. The fourth-order valence-corrected chi connectivity index (χ4v) is 5.77. The molecule has 1 N–H and O–H groups in total. The lowest BCUT2D eigenvalue weighted by atomic mass is 9.94. The van der Waals surface area contributed by atoms with Crippen molar-refractivity contribution >= 4 is 17.4 Å². The molecular formula is C32H40N2O7. The predicted molar refractivity (Wildman–Crippen MR) is 155 cm³/mol. The normalized spacial score (nSPS) is 22.1. The molecule has 0 aromatic heterocycles. The van der Waals surface area contributed by atoms with Crippen molar-refractivity contribution in [2.75, 3.05) is 52.6 Å². The lowest BCUT2D eigenvalue weighted by molar-refractivity contribution is -0.140. The van der Waals surface area contributed by atoms with Crippen LogP contribution in [0.5, 0.6) is 17.2 Å². The summed E-state index contributed by atoms with van der Waals surface area (Å²) in [4.78, 5) is 30.9. The van der Waals surface area contributed by atoms with E-state index in [1.165, 1.54) is 0 Å². The molecule has 0 saturated carbocycles. The van der Waals surface area contributed by atoms with Crippen molar-refractivity contribution in [1.82, 2.24) is 9.80 Å². The molecule has 1 amide bonds. The Balaban J connectivity index is 1.52. The summed E-state index contributed by atoms with van der Waals surface area (Å²) in [6.07, 6.45) is 2.30. The van der Waals surface area contributed by atoms with E-state index >= 15 is 0 Å². The molecule has 9 heteroatoms. The third kappa shape index (κ3) is 6.21. The number of rotatable bonds is 11. The largest absolute Gasteiger partial charge is 0.507 e. The number of aliphatic hydroxyl groups is 1. The van der Waals surface area contributed by atoms with Gasteiger partial charge in [0.1, 0.15) is 17.6 Å². The number of hydrogen-bond acceptors (Lipinski definition) is 8. The first-order chi connectivity index (χ1) is 19.9. The van der Waals surface area contributed by atoms with Gasteiger partial charge in [-0.3, -0.25) is 14.5 Å². The third-order valence-electron chi connectivity index (χ3n) is 7.73. The van der Waals surface area contributed by atoms with E-state index in [-0.39, 0.29) is 17.4 Å². The van der Waals surface area contributed by atoms with Crippen LogP contribution in [0.25, 0.3) is 5.76 Å². The molecule has 0 spiro atoms. The summed E-state index contributed by atoms with van der Waals surface area (Å²) in [7, 11) is 0. The summed E-state index contributed by atoms with van der Waals surface area (Å²) in [5.74, 6) is 0.443. The summed E-state index contributed by atoms with van der Waals surface area (Å²) in [5.41, 5.74) is 2.22. The van der Waals surface area contributed by atoms with E-state index in [0.717, 1.165) is 37.4 Å². The molecule has 9 nitrogen and oxygen atoms in total. The Labute approximate surface area is 241 Å². The van der Waals surface area contributed by atoms with Crippen molar-refractivity contribution in [3.05, 3.63) is 58.7 Å². The molecule has 41 heavy (non-hydrogen) atoms. The molecule has 0 aliphatic carbocycles. The van der Waals surface area contributed by atoms with Gasteiger partial charge in [-0.05, 0) is 68.1 Å². The number of ketones is 1. The number of amides is 1. The van der Waals surface area contributed by atoms with Crippen molar-refractivity contribution in [3.8, 4) is 17.2 Å². The average Bonchev–Trinajstić information content (AvgIpc) is 3.48. The molecule has 2 aromatic carbocycles. The highest BCUT2D eigenvalue weighted by Gasteiger charge is 2.46. The van der Waals surface area contributed by atoms with Gasteiger partial charge in [-0.25, -0.2) is 0 Å². The molecule has 0 radical (unpaired) electrons. The van der Waals surface area contributed by atoms with Crippen LogP contribution >= 0.6 is 0 Å². The number of Topliss-reactive ketones (excluding diaryl/α,β-unsaturated/α-hetero) is 1. The number of nitrogens with zero attached hydrogens (tertiary/aromatic N) is 2. The van der Waals surface area contributed by atoms with Crippen LogP contribution in [0.2, 0.25) is 0 Å². The fraction of sp³-hybridized carbons (Fsp3) is 0.500. The van der Waals surface area contributed by atoms with E-state index < -0.39 is 17.7 Å². The second kappa shape index (κ2) is 13.0. The maximum atomic E-state index is 13.6. The maximum absolute atomic E-state index is 13.6. The van der Waals surface area contributed by atoms with Gasteiger partial charge in [0.2, 0.25) is 0 Å². The summed E-state index contributed by atoms with van der Waals surface area (Å²) >= 11 is 0. The van der Waals surface area contributed by atoms with Crippen LogP contribution in [0.3, 0.4) is 0 Å². The number of benzene rings is 2. The number of ether oxygens (including phenoxy) is 4. The minimum atomic E-state index is -0.762. The van der Waals surface area contributed by atoms with Crippen LogP contribution < -0.4 is 14.2 Å². The number of hydrogen-bond donors (Lipinski definition) is 1. The van der Waals surface area contributed by atoms with Crippen LogP contribution in [0.1, 0.15) is 56.3 Å². The highest BCUT2D eigenvalue weighted by atomic mass is 16.5. The topological polar surface area (TPSA) is 97.8 Å². The van der Waals surface area contributed by atoms with Gasteiger partial charge in [-0.15, -0.1) is 0 Å². The zero-order valence-corrected chi connectivity index (χ0v) is 24.2. The smallest absolute Gasteiger partial charge is 0.295 e. The Hall–Kier alpha value is -3.56. The first kappa shape index (κ1) is 29.0. The second-order valence-electron chi connectivity index (χ2n) is 10.7. The van der Waals surface area contributed by atoms with Crippen molar-refractivity contribution in [3.63, 3.8) is 0 Å². The highest BCUT2D eigenvalue weighted by molar-refractivity contribution is 6.46. The van der Waals surface area contributed by atoms with Gasteiger partial charge in [-0.2, -0.15) is 0 Å². The van der Waals surface area contributed by atoms with Crippen molar-refractivity contribution < 1.29 is 33.6 Å². The molecular weight excluding hydrogens is 524 g/mol. The van der Waals surface area contributed by atoms with Crippen LogP contribution in [0.15, 0.2) is 42.0 Å². The molecule has 2 aromatic rings. The van der Waals surface area contributed by atoms with Crippen LogP contribution in [-0.2, 0) is 20.7 Å². The molecule has 220 valence electrons. The molecule has 3 heterocycles. The van der Waals surface area contributed by atoms with Gasteiger partial charge in [0.15, 0.2) is 11.5 Å². The Bertz CT molecular complexity index is 1300. The van der Waals surface area contributed by atoms with E-state index in [2.05, 4.69) is 4.90 Å². The quantitative estimate of drug-likeness (QED) is 0.245. The summed E-state index contributed by atoms with van der Waals surface area (Å²) in [6, 6.07) is 10.1. The van der Waals surface area contributed by atoms with Gasteiger partial charge in [0, 0.05) is 38.2 Å². The molecule has 2 atom stereocenters. The number of aliphatic hydroxyl groups excluding tert-OH is 1. The molecule has 3 aliphatic rings. The van der Waals surface area contributed by atoms with Gasteiger partial charge in [0.05, 0.1) is 38.0 Å². The van der Waals surface area contributed by atoms with Crippen molar-refractivity contribution in [2.24, 2.45) is 0 Å². The van der Waals surface area contributed by atoms with Gasteiger partial charge >= 0.3 is 0 Å². The molecule has 3 aliphatic heterocycles. The lowest BCUT2D eigenvalue weighted by Gasteiger charge is -2.29. The standard InChI is InChI=1S/C32H40N2O7/c1-4-15-40-26-10-7-22(20-27(26)39-5-2)29-28(30(35)23-8-9-25-24(19-23)18-21(3)41-25)31(36)32(37)34(29)12-6-11-33-13-16-38-17-14-33/h7-10,19-21,29,35H,4-6,11-18H2,1-3H3/t21-,29+/m0/s1. The molecule has 0 bridgehead atoms. The Morgan fingerprint density at radius 3 is 2.59 bits per heavy atom. The van der Waals surface area contributed by atoms with E-state index in [0.29, 0.717) is 68.4 Å². The van der Waals surface area contributed by atoms with Crippen LogP contribution in [0.4, 0.5) is 0 Å². The zero-order valence-electron chi connectivity index (χ0n) is 24.2. The first-order valence-electron chi connectivity index (χ1n) is 14.7. The molecule has 0 unspecified atom stereocenters. The van der Waals surface area contributed by atoms with E-state index in [1.54, 1.807) is 11.0 Å². The predicted octanol–water partition coefficient (Wildman–Crippen LogP) is 4.34. The minimum absolute atomic E-state index is 0.0462. The summed E-state index contributed by atoms with van der Waals surface area (Å²) in [5, 5.41) is 11.6. The van der Waals surface area contributed by atoms with Gasteiger partial charge in [-0.1, -0.05) is 13.0 Å². The highest BCUT2D eigenvalue weighted by Crippen LogP contribution is 2.43. The summed E-state index contributed by atoms with van der Waals surface area (Å²) in [6.45, 7) is 11.1. The number of fused-ring (bicyclic) bond motifs is 1. The van der Waals surface area contributed by atoms with E-state index in [1.807, 2.05) is 51.1 Å². The third-order valence-corrected chi connectivity index (χ3v) is 7.73. The molecule has 5 rings (SSSR count). The monoisotopic (exact) mass is 564 g/mol. The first-order valence-corrected chi connectivity index (χ1v) is 14.7. The van der Waals surface area contributed by atoms with Gasteiger partial charge < -0.3 is 29.0 Å². The Kier molecular flexibility index (Phi) is 9.15. The number of carbonyl (C=O) groups is 2. The number of likely N-dealkylation sites (tertiary alicyclic amines) is 1. The SMILES string of the molecule is CCCOc1ccc([C@@H]2C(=C(O)c3ccc4c(c3)C[C@H](C)O4)C(=O)C(=O)N2CCCN2CCOCC2)cc1OCC.